The predicted molar refractivity (Wildman–Crippen MR) is 84.0 cm³/mol. The first-order valence-electron chi connectivity index (χ1n) is 6.98. The lowest BCUT2D eigenvalue weighted by atomic mass is 9.97. The van der Waals surface area contributed by atoms with Gasteiger partial charge in [0.05, 0.1) is 20.4 Å². The summed E-state index contributed by atoms with van der Waals surface area (Å²) in [5.74, 6) is 1.71. The molecule has 1 atom stereocenters. The molecule has 0 bridgehead atoms. The van der Waals surface area contributed by atoms with Gasteiger partial charge in [0.15, 0.2) is 0 Å². The zero-order chi connectivity index (χ0) is 15.2. The van der Waals surface area contributed by atoms with Crippen molar-refractivity contribution < 1.29 is 9.47 Å². The number of nitrogens with one attached hydrogen (secondary N) is 1. The summed E-state index contributed by atoms with van der Waals surface area (Å²) >= 11 is 0. The first kappa shape index (κ1) is 15.3. The van der Waals surface area contributed by atoms with Crippen LogP contribution >= 0.6 is 0 Å². The maximum Gasteiger partial charge on any atom is 0.141 e. The van der Waals surface area contributed by atoms with Gasteiger partial charge in [-0.3, -0.25) is 4.98 Å². The highest BCUT2D eigenvalue weighted by molar-refractivity contribution is 5.40. The fourth-order valence-electron chi connectivity index (χ4n) is 2.50. The third-order valence-corrected chi connectivity index (χ3v) is 3.62. The van der Waals surface area contributed by atoms with E-state index < -0.39 is 0 Å². The first-order valence-corrected chi connectivity index (χ1v) is 6.98. The van der Waals surface area contributed by atoms with Crippen molar-refractivity contribution in [3.8, 4) is 11.5 Å². The predicted octanol–water partition coefficient (Wildman–Crippen LogP) is 2.91. The number of benzene rings is 1. The van der Waals surface area contributed by atoms with E-state index in [1.807, 2.05) is 19.2 Å². The largest absolute Gasteiger partial charge is 0.496 e. The Kier molecular flexibility index (Phi) is 5.17. The SMILES string of the molecule is CNC(Cc1cc(C)ccc1OC)c1ccncc1OC. The Labute approximate surface area is 126 Å². The van der Waals surface area contributed by atoms with E-state index in [0.29, 0.717) is 0 Å². The molecule has 1 heterocycles. The van der Waals surface area contributed by atoms with Gasteiger partial charge in [0, 0.05) is 17.8 Å². The Bertz CT molecular complexity index is 599. The number of aromatic nitrogens is 1. The van der Waals surface area contributed by atoms with Crippen LogP contribution in [0.4, 0.5) is 0 Å². The molecule has 0 aliphatic heterocycles. The third-order valence-electron chi connectivity index (χ3n) is 3.62. The van der Waals surface area contributed by atoms with Gasteiger partial charge >= 0.3 is 0 Å². The number of ether oxygens (including phenoxy) is 2. The highest BCUT2D eigenvalue weighted by Gasteiger charge is 2.17. The van der Waals surface area contributed by atoms with Crippen LogP contribution in [0.15, 0.2) is 36.7 Å². The lowest BCUT2D eigenvalue weighted by molar-refractivity contribution is 0.394. The van der Waals surface area contributed by atoms with Crippen LogP contribution in [-0.4, -0.2) is 26.3 Å². The fourth-order valence-corrected chi connectivity index (χ4v) is 2.50. The minimum atomic E-state index is 0.138. The minimum absolute atomic E-state index is 0.138. The molecule has 1 aromatic carbocycles. The average molecular weight is 286 g/mol. The van der Waals surface area contributed by atoms with Gasteiger partial charge in [-0.25, -0.2) is 0 Å². The lowest BCUT2D eigenvalue weighted by Crippen LogP contribution is -2.20. The van der Waals surface area contributed by atoms with E-state index in [4.69, 9.17) is 9.47 Å². The number of aryl methyl sites for hydroxylation is 1. The van der Waals surface area contributed by atoms with Crippen LogP contribution in [0.3, 0.4) is 0 Å². The van der Waals surface area contributed by atoms with Gasteiger partial charge in [0.1, 0.15) is 11.5 Å². The number of hydrogen-bond donors (Lipinski definition) is 1. The molecule has 112 valence electrons. The van der Waals surface area contributed by atoms with E-state index in [-0.39, 0.29) is 6.04 Å². The number of rotatable bonds is 6. The number of hydrogen-bond acceptors (Lipinski definition) is 4. The van der Waals surface area contributed by atoms with E-state index in [2.05, 4.69) is 29.4 Å². The summed E-state index contributed by atoms with van der Waals surface area (Å²) in [6.07, 6.45) is 4.35. The van der Waals surface area contributed by atoms with Crippen LogP contribution in [0, 0.1) is 6.92 Å². The van der Waals surface area contributed by atoms with Gasteiger partial charge in [-0.1, -0.05) is 17.7 Å². The Morgan fingerprint density at radius 1 is 1.14 bits per heavy atom. The topological polar surface area (TPSA) is 43.4 Å². The highest BCUT2D eigenvalue weighted by atomic mass is 16.5. The van der Waals surface area contributed by atoms with Gasteiger partial charge < -0.3 is 14.8 Å². The second-order valence-corrected chi connectivity index (χ2v) is 4.98. The maximum absolute atomic E-state index is 5.47. The highest BCUT2D eigenvalue weighted by Crippen LogP contribution is 2.30. The van der Waals surface area contributed by atoms with Crippen LogP contribution < -0.4 is 14.8 Å². The molecular formula is C17H22N2O2. The zero-order valence-electron chi connectivity index (χ0n) is 13.0. The molecule has 0 aliphatic rings. The molecule has 1 aromatic heterocycles. The van der Waals surface area contributed by atoms with Crippen molar-refractivity contribution in [3.05, 3.63) is 53.3 Å². The Morgan fingerprint density at radius 2 is 1.90 bits per heavy atom. The van der Waals surface area contributed by atoms with Crippen LogP contribution in [0.2, 0.25) is 0 Å². The van der Waals surface area contributed by atoms with Crippen molar-refractivity contribution in [2.75, 3.05) is 21.3 Å². The number of methoxy groups -OCH3 is 2. The average Bonchev–Trinajstić information content (AvgIpc) is 2.52. The maximum atomic E-state index is 5.47. The second-order valence-electron chi connectivity index (χ2n) is 4.98. The molecule has 0 saturated heterocycles. The number of likely N-dealkylation sites (N-methyl/N-ethyl adjacent to an activating group) is 1. The normalized spacial score (nSPS) is 12.0. The molecule has 0 spiro atoms. The van der Waals surface area contributed by atoms with E-state index in [1.54, 1.807) is 26.6 Å². The molecule has 1 unspecified atom stereocenters. The molecular weight excluding hydrogens is 264 g/mol. The summed E-state index contributed by atoms with van der Waals surface area (Å²) in [5.41, 5.74) is 3.50. The first-order chi connectivity index (χ1) is 10.2. The van der Waals surface area contributed by atoms with Crippen LogP contribution in [0.25, 0.3) is 0 Å². The van der Waals surface area contributed by atoms with Gasteiger partial charge in [-0.15, -0.1) is 0 Å². The van der Waals surface area contributed by atoms with Gasteiger partial charge in [-0.05, 0) is 38.1 Å². The van der Waals surface area contributed by atoms with Crippen molar-refractivity contribution in [2.24, 2.45) is 0 Å². The van der Waals surface area contributed by atoms with Crippen LogP contribution in [0.5, 0.6) is 11.5 Å². The summed E-state index contributed by atoms with van der Waals surface area (Å²) in [6.45, 7) is 2.09. The Hall–Kier alpha value is -2.07. The van der Waals surface area contributed by atoms with Crippen LogP contribution in [0.1, 0.15) is 22.7 Å². The molecule has 0 radical (unpaired) electrons. The molecule has 1 N–H and O–H groups in total. The quantitative estimate of drug-likeness (QED) is 0.886. The van der Waals surface area contributed by atoms with Gasteiger partial charge in [0.2, 0.25) is 0 Å². The number of pyridine rings is 1. The third kappa shape index (κ3) is 3.52. The summed E-state index contributed by atoms with van der Waals surface area (Å²) < 4.78 is 10.9. The van der Waals surface area contributed by atoms with Crippen LogP contribution in [-0.2, 0) is 6.42 Å². The lowest BCUT2D eigenvalue weighted by Gasteiger charge is -2.20. The summed E-state index contributed by atoms with van der Waals surface area (Å²) in [5, 5.41) is 3.35. The second kappa shape index (κ2) is 7.09. The Balaban J connectivity index is 2.33. The van der Waals surface area contributed by atoms with Crippen molar-refractivity contribution in [3.63, 3.8) is 0 Å². The van der Waals surface area contributed by atoms with Crippen molar-refractivity contribution in [1.82, 2.24) is 10.3 Å². The molecule has 4 nitrogen and oxygen atoms in total. The molecule has 21 heavy (non-hydrogen) atoms. The van der Waals surface area contributed by atoms with Crippen molar-refractivity contribution in [1.29, 1.82) is 0 Å². The van der Waals surface area contributed by atoms with E-state index >= 15 is 0 Å². The molecule has 0 saturated carbocycles. The number of nitrogens with zero attached hydrogens (tertiary/aromatic N) is 1. The summed E-state index contributed by atoms with van der Waals surface area (Å²) in [6, 6.07) is 8.36. The van der Waals surface area contributed by atoms with E-state index in [1.165, 1.54) is 11.1 Å². The zero-order valence-corrected chi connectivity index (χ0v) is 13.0. The molecule has 0 amide bonds. The summed E-state index contributed by atoms with van der Waals surface area (Å²) in [4.78, 5) is 4.11. The summed E-state index contributed by atoms with van der Waals surface area (Å²) in [7, 11) is 5.32. The van der Waals surface area contributed by atoms with Gasteiger partial charge in [0.25, 0.3) is 0 Å². The van der Waals surface area contributed by atoms with E-state index in [9.17, 15) is 0 Å². The fraction of sp³-hybridized carbons (Fsp3) is 0.353. The van der Waals surface area contributed by atoms with E-state index in [0.717, 1.165) is 23.5 Å². The molecule has 4 heteroatoms. The Morgan fingerprint density at radius 3 is 2.57 bits per heavy atom. The van der Waals surface area contributed by atoms with Gasteiger partial charge in [-0.2, -0.15) is 0 Å². The molecule has 0 aliphatic carbocycles. The standard InChI is InChI=1S/C17H22N2O2/c1-12-5-6-16(20-3)13(9-12)10-15(18-2)14-7-8-19-11-17(14)21-4/h5-9,11,15,18H,10H2,1-4H3. The molecule has 2 aromatic rings. The molecule has 2 rings (SSSR count). The smallest absolute Gasteiger partial charge is 0.141 e. The molecule has 0 fully saturated rings. The van der Waals surface area contributed by atoms with Crippen molar-refractivity contribution >= 4 is 0 Å². The van der Waals surface area contributed by atoms with Crippen molar-refractivity contribution in [2.45, 2.75) is 19.4 Å². The monoisotopic (exact) mass is 286 g/mol. The minimum Gasteiger partial charge on any atom is -0.496 e.